The van der Waals surface area contributed by atoms with Crippen LogP contribution in [-0.4, -0.2) is 14.4 Å². The third kappa shape index (κ3) is 5.78. The summed E-state index contributed by atoms with van der Waals surface area (Å²) >= 11 is 0. The number of hydrogen-bond donors (Lipinski definition) is 3. The van der Waals surface area contributed by atoms with Crippen molar-refractivity contribution in [1.29, 1.82) is 0 Å². The van der Waals surface area contributed by atoms with Crippen molar-refractivity contribution in [3.05, 3.63) is 126 Å². The van der Waals surface area contributed by atoms with Crippen LogP contribution in [0.4, 0.5) is 16.2 Å². The quantitative estimate of drug-likeness (QED) is 0.347. The van der Waals surface area contributed by atoms with Gasteiger partial charge in [-0.1, -0.05) is 78.9 Å². The van der Waals surface area contributed by atoms with E-state index >= 15 is 0 Å². The van der Waals surface area contributed by atoms with Gasteiger partial charge in [0.2, 0.25) is 0 Å². The smallest absolute Gasteiger partial charge is 0.319 e. The van der Waals surface area contributed by atoms with Gasteiger partial charge in [0.25, 0.3) is 10.0 Å². The maximum Gasteiger partial charge on any atom is 0.319 e. The second-order valence-corrected chi connectivity index (χ2v) is 9.03. The Hall–Kier alpha value is -4.10. The first-order chi connectivity index (χ1) is 16.0. The van der Waals surface area contributed by atoms with E-state index in [9.17, 15) is 13.2 Å². The number of benzene rings is 4. The number of carbonyl (C=O) groups excluding carboxylic acids is 1. The molecule has 6 nitrogen and oxygen atoms in total. The summed E-state index contributed by atoms with van der Waals surface area (Å²) in [5, 5.41) is 5.77. The molecule has 166 valence electrons. The molecule has 0 atom stereocenters. The number of rotatable bonds is 7. The summed E-state index contributed by atoms with van der Waals surface area (Å²) in [5.74, 6) is 0. The van der Waals surface area contributed by atoms with Crippen molar-refractivity contribution in [3.63, 3.8) is 0 Å². The summed E-state index contributed by atoms with van der Waals surface area (Å²) in [6.45, 7) is 0. The van der Waals surface area contributed by atoms with E-state index in [-0.39, 0.29) is 10.9 Å². The lowest BCUT2D eigenvalue weighted by molar-refractivity contribution is 0.250. The molecule has 2 amide bonds. The minimum absolute atomic E-state index is 0.101. The zero-order chi connectivity index (χ0) is 23.1. The van der Waals surface area contributed by atoms with Crippen LogP contribution in [-0.2, 0) is 10.0 Å². The van der Waals surface area contributed by atoms with Crippen LogP contribution in [0.1, 0.15) is 17.2 Å². The third-order valence-electron chi connectivity index (χ3n) is 4.99. The summed E-state index contributed by atoms with van der Waals surface area (Å²) in [7, 11) is -3.73. The van der Waals surface area contributed by atoms with Crippen molar-refractivity contribution in [2.45, 2.75) is 10.9 Å². The van der Waals surface area contributed by atoms with E-state index in [0.717, 1.165) is 11.1 Å². The van der Waals surface area contributed by atoms with Gasteiger partial charge in [0.15, 0.2) is 0 Å². The van der Waals surface area contributed by atoms with Gasteiger partial charge in [0.05, 0.1) is 10.9 Å². The molecule has 33 heavy (non-hydrogen) atoms. The number of carbonyl (C=O) groups is 1. The number of hydrogen-bond acceptors (Lipinski definition) is 3. The molecular formula is C26H23N3O3S. The van der Waals surface area contributed by atoms with Crippen molar-refractivity contribution >= 4 is 27.4 Å². The number of urea groups is 1. The summed E-state index contributed by atoms with van der Waals surface area (Å²) < 4.78 is 27.7. The van der Waals surface area contributed by atoms with Crippen molar-refractivity contribution in [1.82, 2.24) is 5.32 Å². The van der Waals surface area contributed by atoms with Gasteiger partial charge in [-0.2, -0.15) is 0 Å². The average molecular weight is 458 g/mol. The molecule has 0 heterocycles. The molecule has 4 aromatic rings. The molecular weight excluding hydrogens is 434 g/mol. The van der Waals surface area contributed by atoms with Crippen LogP contribution in [0.2, 0.25) is 0 Å². The molecule has 0 unspecified atom stereocenters. The molecule has 0 aromatic heterocycles. The zero-order valence-corrected chi connectivity index (χ0v) is 18.5. The van der Waals surface area contributed by atoms with Crippen LogP contribution < -0.4 is 15.4 Å². The van der Waals surface area contributed by atoms with Crippen LogP contribution >= 0.6 is 0 Å². The molecule has 0 aliphatic rings. The Bertz CT molecular complexity index is 1260. The predicted molar refractivity (Wildman–Crippen MR) is 131 cm³/mol. The van der Waals surface area contributed by atoms with Gasteiger partial charge >= 0.3 is 6.03 Å². The average Bonchev–Trinajstić information content (AvgIpc) is 2.84. The topological polar surface area (TPSA) is 87.3 Å². The number of para-hydroxylation sites is 1. The van der Waals surface area contributed by atoms with E-state index in [1.807, 2.05) is 66.7 Å². The molecule has 0 bridgehead atoms. The third-order valence-corrected chi connectivity index (χ3v) is 6.39. The molecule has 3 N–H and O–H groups in total. The summed E-state index contributed by atoms with van der Waals surface area (Å²) in [6.07, 6.45) is 0. The molecule has 7 heteroatoms. The first kappa shape index (κ1) is 22.1. The van der Waals surface area contributed by atoms with Crippen LogP contribution in [0.15, 0.2) is 120 Å². The largest absolute Gasteiger partial charge is 0.327 e. The van der Waals surface area contributed by atoms with Gasteiger partial charge in [-0.05, 0) is 47.5 Å². The highest BCUT2D eigenvalue weighted by Crippen LogP contribution is 2.22. The normalized spacial score (nSPS) is 11.1. The molecule has 0 radical (unpaired) electrons. The van der Waals surface area contributed by atoms with Crippen molar-refractivity contribution in [2.24, 2.45) is 0 Å². The maximum absolute atomic E-state index is 12.7. The lowest BCUT2D eigenvalue weighted by atomic mass is 9.99. The van der Waals surface area contributed by atoms with E-state index in [1.54, 1.807) is 36.4 Å². The molecule has 0 aliphatic carbocycles. The van der Waals surface area contributed by atoms with Crippen LogP contribution in [0.25, 0.3) is 0 Å². The molecule has 0 saturated heterocycles. The van der Waals surface area contributed by atoms with Crippen LogP contribution in [0, 0.1) is 0 Å². The number of sulfonamides is 1. The van der Waals surface area contributed by atoms with Crippen LogP contribution in [0.5, 0.6) is 0 Å². The fourth-order valence-corrected chi connectivity index (χ4v) is 4.44. The van der Waals surface area contributed by atoms with E-state index in [4.69, 9.17) is 0 Å². The van der Waals surface area contributed by atoms with E-state index < -0.39 is 16.1 Å². The number of amides is 2. The monoisotopic (exact) mass is 457 g/mol. The van der Waals surface area contributed by atoms with E-state index in [1.165, 1.54) is 12.1 Å². The molecule has 0 spiro atoms. The van der Waals surface area contributed by atoms with Crippen LogP contribution in [0.3, 0.4) is 0 Å². The highest BCUT2D eigenvalue weighted by molar-refractivity contribution is 7.92. The molecule has 4 rings (SSSR count). The van der Waals surface area contributed by atoms with Crippen molar-refractivity contribution < 1.29 is 13.2 Å². The molecule has 0 aliphatic heterocycles. The Morgan fingerprint density at radius 1 is 0.606 bits per heavy atom. The second-order valence-electron chi connectivity index (χ2n) is 7.35. The summed E-state index contributed by atoms with van der Waals surface area (Å²) in [6, 6.07) is 33.3. The minimum atomic E-state index is -3.73. The SMILES string of the molecule is O=C(Nc1ccc(S(=O)(=O)Nc2ccccc2)cc1)NC(c1ccccc1)c1ccccc1. The Morgan fingerprint density at radius 3 is 1.61 bits per heavy atom. The Morgan fingerprint density at radius 2 is 1.09 bits per heavy atom. The molecule has 0 saturated carbocycles. The highest BCUT2D eigenvalue weighted by Gasteiger charge is 2.17. The van der Waals surface area contributed by atoms with Gasteiger partial charge < -0.3 is 10.6 Å². The Balaban J connectivity index is 1.45. The standard InChI is InChI=1S/C26H23N3O3S/c30-26(28-25(20-10-4-1-5-11-20)21-12-6-2-7-13-21)27-22-16-18-24(19-17-22)33(31,32)29-23-14-8-3-9-15-23/h1-19,25,29H,(H2,27,28,30). The fraction of sp³-hybridized carbons (Fsp3) is 0.0385. The van der Waals surface area contributed by atoms with Gasteiger partial charge in [0.1, 0.15) is 0 Å². The molecule has 4 aromatic carbocycles. The predicted octanol–water partition coefficient (Wildman–Crippen LogP) is 5.40. The maximum atomic E-state index is 12.7. The zero-order valence-electron chi connectivity index (χ0n) is 17.7. The Labute approximate surface area is 193 Å². The second kappa shape index (κ2) is 10.0. The number of nitrogens with one attached hydrogen (secondary N) is 3. The molecule has 0 fully saturated rings. The first-order valence-corrected chi connectivity index (χ1v) is 11.8. The van der Waals surface area contributed by atoms with E-state index in [2.05, 4.69) is 15.4 Å². The van der Waals surface area contributed by atoms with Gasteiger partial charge in [-0.3, -0.25) is 4.72 Å². The van der Waals surface area contributed by atoms with E-state index in [0.29, 0.717) is 11.4 Å². The fourth-order valence-electron chi connectivity index (χ4n) is 3.39. The highest BCUT2D eigenvalue weighted by atomic mass is 32.2. The van der Waals surface area contributed by atoms with Gasteiger partial charge in [-0.25, -0.2) is 13.2 Å². The number of anilines is 2. The van der Waals surface area contributed by atoms with Crippen molar-refractivity contribution in [2.75, 3.05) is 10.0 Å². The summed E-state index contributed by atoms with van der Waals surface area (Å²) in [4.78, 5) is 12.8. The summed E-state index contributed by atoms with van der Waals surface area (Å²) in [5.41, 5.74) is 2.86. The lowest BCUT2D eigenvalue weighted by Gasteiger charge is -2.20. The first-order valence-electron chi connectivity index (χ1n) is 10.4. The lowest BCUT2D eigenvalue weighted by Crippen LogP contribution is -2.33. The Kier molecular flexibility index (Phi) is 6.71. The van der Waals surface area contributed by atoms with Gasteiger partial charge in [-0.15, -0.1) is 0 Å². The van der Waals surface area contributed by atoms with Crippen molar-refractivity contribution in [3.8, 4) is 0 Å². The minimum Gasteiger partial charge on any atom is -0.327 e. The van der Waals surface area contributed by atoms with Gasteiger partial charge in [0, 0.05) is 11.4 Å².